The molecule has 0 fully saturated rings. The van der Waals surface area contributed by atoms with Crippen LogP contribution in [0.1, 0.15) is 0 Å². The first-order valence-corrected chi connectivity index (χ1v) is 4.06. The minimum absolute atomic E-state index is 0.884. The quantitative estimate of drug-likeness (QED) is 0.642. The summed E-state index contributed by atoms with van der Waals surface area (Å²) in [6.07, 6.45) is 3.21. The lowest BCUT2D eigenvalue weighted by molar-refractivity contribution is 1.16. The largest absolute Gasteiger partial charge is 0.222 e. The highest BCUT2D eigenvalue weighted by Gasteiger charge is 2.01. The van der Waals surface area contributed by atoms with Crippen LogP contribution >= 0.6 is 23.1 Å². The Balaban J connectivity index is 2.48. The summed E-state index contributed by atoms with van der Waals surface area (Å²) in [6.45, 7) is 0. The Morgan fingerprint density at radius 3 is 2.90 bits per heavy atom. The normalized spacial score (nSPS) is 10.0. The van der Waals surface area contributed by atoms with Gasteiger partial charge in [-0.15, -0.1) is 5.10 Å². The Kier molecular flexibility index (Phi) is 1.40. The zero-order valence-corrected chi connectivity index (χ0v) is 6.39. The topological polar surface area (TPSA) is 51.6 Å². The maximum absolute atomic E-state index is 4.00. The number of aromatic nitrogens is 4. The van der Waals surface area contributed by atoms with Crippen molar-refractivity contribution in [2.24, 2.45) is 0 Å². The second-order valence-corrected chi connectivity index (χ2v) is 3.09. The van der Waals surface area contributed by atoms with Gasteiger partial charge in [0, 0.05) is 0 Å². The highest BCUT2D eigenvalue weighted by atomic mass is 32.1. The Labute approximate surface area is 64.9 Å². The van der Waals surface area contributed by atoms with E-state index >= 15 is 0 Å². The number of hydrogen-bond acceptors (Lipinski definition) is 6. The van der Waals surface area contributed by atoms with Crippen LogP contribution in [0.3, 0.4) is 0 Å². The molecule has 0 aliphatic heterocycles. The van der Waals surface area contributed by atoms with Gasteiger partial charge in [-0.25, -0.2) is 4.98 Å². The molecule has 0 atom stereocenters. The highest BCUT2D eigenvalue weighted by molar-refractivity contribution is 7.16. The molecule has 10 heavy (non-hydrogen) atoms. The van der Waals surface area contributed by atoms with E-state index in [1.807, 2.05) is 0 Å². The molecule has 0 N–H and O–H groups in total. The van der Waals surface area contributed by atoms with Crippen LogP contribution < -0.4 is 0 Å². The molecule has 0 saturated carbocycles. The molecule has 50 valence electrons. The van der Waals surface area contributed by atoms with Crippen LogP contribution in [0.15, 0.2) is 12.5 Å². The van der Waals surface area contributed by atoms with Gasteiger partial charge in [-0.05, 0) is 23.1 Å². The molecule has 2 rings (SSSR count). The van der Waals surface area contributed by atoms with Crippen LogP contribution in [0.4, 0.5) is 0 Å². The first-order chi connectivity index (χ1) is 4.97. The van der Waals surface area contributed by atoms with Crippen molar-refractivity contribution in [1.29, 1.82) is 0 Å². The molecule has 0 saturated heterocycles. The van der Waals surface area contributed by atoms with Gasteiger partial charge < -0.3 is 0 Å². The molecule has 0 unspecified atom stereocenters. The summed E-state index contributed by atoms with van der Waals surface area (Å²) in [6, 6.07) is 0. The fourth-order valence-electron chi connectivity index (χ4n) is 0.543. The second kappa shape index (κ2) is 2.39. The van der Waals surface area contributed by atoms with E-state index in [2.05, 4.69) is 18.9 Å². The maximum atomic E-state index is 4.00. The lowest BCUT2D eigenvalue weighted by atomic mass is 10.6. The standard InChI is InChI=1S/C4H2N4S2/c1-3(9-8-6-1)4-5-2-7-10-4/h1-2H. The molecule has 0 amide bonds. The van der Waals surface area contributed by atoms with Gasteiger partial charge in [0.1, 0.15) is 11.2 Å². The highest BCUT2D eigenvalue weighted by Crippen LogP contribution is 2.21. The summed E-state index contributed by atoms with van der Waals surface area (Å²) in [5, 5.41) is 4.57. The van der Waals surface area contributed by atoms with E-state index in [9.17, 15) is 0 Å². The van der Waals surface area contributed by atoms with Crippen molar-refractivity contribution < 1.29 is 0 Å². The van der Waals surface area contributed by atoms with Crippen molar-refractivity contribution in [1.82, 2.24) is 18.9 Å². The molecule has 0 aromatic carbocycles. The van der Waals surface area contributed by atoms with E-state index in [1.54, 1.807) is 6.20 Å². The Morgan fingerprint density at radius 2 is 2.30 bits per heavy atom. The van der Waals surface area contributed by atoms with E-state index in [0.29, 0.717) is 0 Å². The monoisotopic (exact) mass is 170 g/mol. The third-order valence-corrected chi connectivity index (χ3v) is 2.43. The van der Waals surface area contributed by atoms with Crippen LogP contribution in [0.25, 0.3) is 9.88 Å². The summed E-state index contributed by atoms with van der Waals surface area (Å²) in [7, 11) is 0. The molecule has 4 nitrogen and oxygen atoms in total. The first kappa shape index (κ1) is 5.87. The van der Waals surface area contributed by atoms with Gasteiger partial charge in [0.05, 0.1) is 6.20 Å². The van der Waals surface area contributed by atoms with Crippen molar-refractivity contribution in [3.8, 4) is 9.88 Å². The van der Waals surface area contributed by atoms with Gasteiger partial charge in [0.2, 0.25) is 0 Å². The fraction of sp³-hybridized carbons (Fsp3) is 0. The van der Waals surface area contributed by atoms with Gasteiger partial charge in [0.15, 0.2) is 5.01 Å². The van der Waals surface area contributed by atoms with Gasteiger partial charge in [0.25, 0.3) is 0 Å². The predicted molar refractivity (Wildman–Crippen MR) is 38.8 cm³/mol. The van der Waals surface area contributed by atoms with E-state index in [0.717, 1.165) is 9.88 Å². The second-order valence-electron chi connectivity index (χ2n) is 1.53. The SMILES string of the molecule is c1nsc(-c2cnns2)n1. The Bertz CT molecular complexity index is 255. The summed E-state index contributed by atoms with van der Waals surface area (Å²) < 4.78 is 7.57. The van der Waals surface area contributed by atoms with Crippen LogP contribution in [0.2, 0.25) is 0 Å². The fourth-order valence-corrected chi connectivity index (χ4v) is 1.61. The van der Waals surface area contributed by atoms with Gasteiger partial charge in [-0.1, -0.05) is 4.49 Å². The third-order valence-electron chi connectivity index (χ3n) is 0.933. The van der Waals surface area contributed by atoms with Crippen molar-refractivity contribution >= 4 is 23.1 Å². The summed E-state index contributed by atoms with van der Waals surface area (Å²) in [5.74, 6) is 0. The van der Waals surface area contributed by atoms with Crippen molar-refractivity contribution in [2.45, 2.75) is 0 Å². The molecule has 0 aliphatic rings. The van der Waals surface area contributed by atoms with Crippen LogP contribution in [-0.2, 0) is 0 Å². The predicted octanol–water partition coefficient (Wildman–Crippen LogP) is 1.06. The Hall–Kier alpha value is -0.880. The van der Waals surface area contributed by atoms with Crippen molar-refractivity contribution in [3.63, 3.8) is 0 Å². The number of rotatable bonds is 1. The van der Waals surface area contributed by atoms with Crippen LogP contribution in [0.5, 0.6) is 0 Å². The molecule has 6 heteroatoms. The maximum Gasteiger partial charge on any atom is 0.156 e. The zero-order valence-electron chi connectivity index (χ0n) is 4.76. The molecular weight excluding hydrogens is 168 g/mol. The average Bonchev–Trinajstić information content (AvgIpc) is 2.59. The zero-order chi connectivity index (χ0) is 6.81. The van der Waals surface area contributed by atoms with Gasteiger partial charge in [-0.3, -0.25) is 0 Å². The molecule has 2 aromatic rings. The third kappa shape index (κ3) is 0.910. The molecule has 2 aromatic heterocycles. The minimum Gasteiger partial charge on any atom is -0.222 e. The first-order valence-electron chi connectivity index (χ1n) is 2.51. The summed E-state index contributed by atoms with van der Waals surface area (Å²) >= 11 is 2.68. The van der Waals surface area contributed by atoms with Crippen molar-refractivity contribution in [2.75, 3.05) is 0 Å². The van der Waals surface area contributed by atoms with Gasteiger partial charge >= 0.3 is 0 Å². The van der Waals surface area contributed by atoms with Crippen molar-refractivity contribution in [3.05, 3.63) is 12.5 Å². The smallest absolute Gasteiger partial charge is 0.156 e. The van der Waals surface area contributed by atoms with E-state index in [1.165, 1.54) is 29.4 Å². The minimum atomic E-state index is 0.884. The number of hydrogen-bond donors (Lipinski definition) is 0. The Morgan fingerprint density at radius 1 is 1.30 bits per heavy atom. The molecule has 0 radical (unpaired) electrons. The lowest BCUT2D eigenvalue weighted by Gasteiger charge is -1.78. The average molecular weight is 170 g/mol. The summed E-state index contributed by atoms with van der Waals surface area (Å²) in [5.41, 5.74) is 0. The molecule has 0 aliphatic carbocycles. The van der Waals surface area contributed by atoms with Crippen LogP contribution in [0, 0.1) is 0 Å². The number of nitrogens with zero attached hydrogens (tertiary/aromatic N) is 4. The van der Waals surface area contributed by atoms with Crippen LogP contribution in [-0.4, -0.2) is 18.9 Å². The molecule has 0 bridgehead atoms. The van der Waals surface area contributed by atoms with Gasteiger partial charge in [-0.2, -0.15) is 4.37 Å². The van der Waals surface area contributed by atoms with E-state index in [-0.39, 0.29) is 0 Å². The van der Waals surface area contributed by atoms with E-state index < -0.39 is 0 Å². The molecular formula is C4H2N4S2. The molecule has 0 spiro atoms. The summed E-state index contributed by atoms with van der Waals surface area (Å²) in [4.78, 5) is 4.97. The van der Waals surface area contributed by atoms with E-state index in [4.69, 9.17) is 0 Å². The lowest BCUT2D eigenvalue weighted by Crippen LogP contribution is -1.64. The molecule has 2 heterocycles.